The van der Waals surface area contributed by atoms with Crippen molar-refractivity contribution >= 4 is 58.1 Å². The van der Waals surface area contributed by atoms with E-state index in [0.717, 1.165) is 42.8 Å². The predicted octanol–water partition coefficient (Wildman–Crippen LogP) is 7.62. The van der Waals surface area contributed by atoms with Crippen LogP contribution in [-0.2, 0) is 0 Å². The van der Waals surface area contributed by atoms with Gasteiger partial charge in [-0.25, -0.2) is 0 Å². The van der Waals surface area contributed by atoms with Gasteiger partial charge in [0.1, 0.15) is 17.1 Å². The standard InChI is InChI=1S/C27H31Cl2N3OS/c1-26(2,3)23(13-11-18-10-12-19(28)16-22(18)29)30-24-27(14-5-4-6-15-27)32(25(34)31-24)20-8-7-9-21(33)17-20/h7-13,16-17,23,33H,4-6,14-15H2,1-3H3,(H,30,31,34)/b13-11+/t23-/m0/s1. The number of benzene rings is 2. The van der Waals surface area contributed by atoms with Crippen molar-refractivity contribution < 1.29 is 5.11 Å². The molecule has 180 valence electrons. The Kier molecular flexibility index (Phi) is 7.28. The number of aromatic hydroxyl groups is 1. The maximum atomic E-state index is 10.1. The minimum atomic E-state index is -0.335. The molecule has 2 fully saturated rings. The predicted molar refractivity (Wildman–Crippen MR) is 148 cm³/mol. The number of nitrogens with one attached hydrogen (secondary N) is 1. The number of hydrogen-bond donors (Lipinski definition) is 2. The quantitative estimate of drug-likeness (QED) is 0.411. The number of phenolic OH excluding ortho intramolecular Hbond substituents is 1. The lowest BCUT2D eigenvalue weighted by molar-refractivity contribution is 0.357. The third-order valence-corrected chi connectivity index (χ3v) is 7.49. The van der Waals surface area contributed by atoms with Crippen LogP contribution in [0.4, 0.5) is 5.69 Å². The lowest BCUT2D eigenvalue weighted by Gasteiger charge is -2.41. The molecule has 1 aliphatic heterocycles. The van der Waals surface area contributed by atoms with Gasteiger partial charge in [-0.3, -0.25) is 4.99 Å². The molecule has 7 heteroatoms. The topological polar surface area (TPSA) is 47.9 Å². The number of phenols is 1. The second-order valence-corrected chi connectivity index (χ2v) is 11.4. The molecule has 0 amide bonds. The summed E-state index contributed by atoms with van der Waals surface area (Å²) in [4.78, 5) is 7.46. The fourth-order valence-electron chi connectivity index (χ4n) is 4.82. The van der Waals surface area contributed by atoms with Crippen molar-refractivity contribution in [1.29, 1.82) is 0 Å². The molecule has 34 heavy (non-hydrogen) atoms. The number of rotatable bonds is 4. The van der Waals surface area contributed by atoms with E-state index in [1.165, 1.54) is 6.42 Å². The van der Waals surface area contributed by atoms with Crippen LogP contribution in [0.3, 0.4) is 0 Å². The van der Waals surface area contributed by atoms with Gasteiger partial charge in [-0.2, -0.15) is 0 Å². The monoisotopic (exact) mass is 515 g/mol. The summed E-state index contributed by atoms with van der Waals surface area (Å²) < 4.78 is 0. The van der Waals surface area contributed by atoms with E-state index in [4.69, 9.17) is 40.4 Å². The zero-order valence-electron chi connectivity index (χ0n) is 19.8. The highest BCUT2D eigenvalue weighted by Gasteiger charge is 2.50. The van der Waals surface area contributed by atoms with Crippen molar-refractivity contribution in [2.24, 2.45) is 10.4 Å². The first-order valence-electron chi connectivity index (χ1n) is 11.7. The number of halogens is 2. The van der Waals surface area contributed by atoms with Gasteiger partial charge in [0.25, 0.3) is 0 Å². The Morgan fingerprint density at radius 2 is 1.85 bits per heavy atom. The molecule has 0 radical (unpaired) electrons. The highest BCUT2D eigenvalue weighted by atomic mass is 35.5. The largest absolute Gasteiger partial charge is 0.508 e. The molecule has 1 atom stereocenters. The highest BCUT2D eigenvalue weighted by molar-refractivity contribution is 7.80. The highest BCUT2D eigenvalue weighted by Crippen LogP contribution is 2.42. The normalized spacial score (nSPS) is 20.3. The first-order chi connectivity index (χ1) is 16.1. The third-order valence-electron chi connectivity index (χ3n) is 6.64. The van der Waals surface area contributed by atoms with Crippen LogP contribution in [0.25, 0.3) is 6.08 Å². The van der Waals surface area contributed by atoms with Crippen LogP contribution in [-0.4, -0.2) is 27.6 Å². The van der Waals surface area contributed by atoms with E-state index in [-0.39, 0.29) is 22.7 Å². The second kappa shape index (κ2) is 9.88. The molecule has 1 saturated heterocycles. The maximum Gasteiger partial charge on any atom is 0.179 e. The van der Waals surface area contributed by atoms with Crippen LogP contribution in [0.15, 0.2) is 53.5 Å². The van der Waals surface area contributed by atoms with Crippen molar-refractivity contribution in [2.45, 2.75) is 64.5 Å². The van der Waals surface area contributed by atoms with Gasteiger partial charge in [0, 0.05) is 21.8 Å². The third kappa shape index (κ3) is 5.12. The number of aliphatic imine (C=N–C) groups is 1. The van der Waals surface area contributed by atoms with Crippen LogP contribution < -0.4 is 10.2 Å². The molecule has 1 aliphatic carbocycles. The summed E-state index contributed by atoms with van der Waals surface area (Å²) >= 11 is 18.3. The summed E-state index contributed by atoms with van der Waals surface area (Å²) in [7, 11) is 0. The number of hydrogen-bond acceptors (Lipinski definition) is 3. The SMILES string of the molecule is CC(C)(C)[C@H](/C=C/c1ccc(Cl)cc1Cl)N=C1NC(=S)N(c2cccc(O)c2)C12CCCCC2. The number of anilines is 1. The maximum absolute atomic E-state index is 10.1. The Labute approximate surface area is 217 Å². The van der Waals surface area contributed by atoms with Crippen LogP contribution in [0.5, 0.6) is 5.75 Å². The molecule has 1 saturated carbocycles. The van der Waals surface area contributed by atoms with E-state index in [2.05, 4.69) is 37.1 Å². The minimum Gasteiger partial charge on any atom is -0.508 e. The lowest BCUT2D eigenvalue weighted by atomic mass is 9.79. The fraction of sp³-hybridized carbons (Fsp3) is 0.407. The van der Waals surface area contributed by atoms with Crippen molar-refractivity contribution in [1.82, 2.24) is 5.32 Å². The molecule has 2 aromatic carbocycles. The van der Waals surface area contributed by atoms with E-state index >= 15 is 0 Å². The molecule has 0 aromatic heterocycles. The summed E-state index contributed by atoms with van der Waals surface area (Å²) in [5.74, 6) is 1.14. The zero-order chi connectivity index (χ0) is 24.5. The molecule has 2 aromatic rings. The Hall–Kier alpha value is -2.08. The average molecular weight is 517 g/mol. The van der Waals surface area contributed by atoms with Crippen molar-refractivity contribution in [3.63, 3.8) is 0 Å². The Morgan fingerprint density at radius 1 is 1.12 bits per heavy atom. The Balaban J connectivity index is 1.75. The fourth-order valence-corrected chi connectivity index (χ4v) is 5.66. The van der Waals surface area contributed by atoms with Crippen LogP contribution >= 0.6 is 35.4 Å². The number of nitrogens with zero attached hydrogens (tertiary/aromatic N) is 2. The molecule has 1 spiro atoms. The molecule has 1 heterocycles. The van der Waals surface area contributed by atoms with E-state index in [1.807, 2.05) is 30.3 Å². The summed E-state index contributed by atoms with van der Waals surface area (Å²) in [5, 5.41) is 15.4. The van der Waals surface area contributed by atoms with Crippen molar-refractivity contribution in [3.8, 4) is 5.75 Å². The van der Waals surface area contributed by atoms with Crippen molar-refractivity contribution in [2.75, 3.05) is 4.90 Å². The average Bonchev–Trinajstić information content (AvgIpc) is 3.02. The molecule has 2 aliphatic rings. The van der Waals surface area contributed by atoms with Gasteiger partial charge in [0.05, 0.1) is 6.04 Å². The summed E-state index contributed by atoms with van der Waals surface area (Å²) in [6.45, 7) is 6.55. The van der Waals surface area contributed by atoms with Crippen LogP contribution in [0.1, 0.15) is 58.4 Å². The van der Waals surface area contributed by atoms with Crippen LogP contribution in [0.2, 0.25) is 10.0 Å². The minimum absolute atomic E-state index is 0.104. The van der Waals surface area contributed by atoms with Gasteiger partial charge < -0.3 is 15.3 Å². The van der Waals surface area contributed by atoms with E-state index < -0.39 is 0 Å². The first-order valence-corrected chi connectivity index (χ1v) is 12.9. The summed E-state index contributed by atoms with van der Waals surface area (Å²) in [5.41, 5.74) is 1.34. The number of thiocarbonyl (C=S) groups is 1. The zero-order valence-corrected chi connectivity index (χ0v) is 22.1. The van der Waals surface area contributed by atoms with Gasteiger partial charge in [0.2, 0.25) is 0 Å². The van der Waals surface area contributed by atoms with E-state index in [1.54, 1.807) is 18.2 Å². The molecule has 0 unspecified atom stereocenters. The smallest absolute Gasteiger partial charge is 0.179 e. The number of amidine groups is 1. The molecule has 0 bridgehead atoms. The van der Waals surface area contributed by atoms with E-state index in [9.17, 15) is 5.11 Å². The van der Waals surface area contributed by atoms with Crippen LogP contribution in [0, 0.1) is 5.41 Å². The molecule has 4 nitrogen and oxygen atoms in total. The Bertz CT molecular complexity index is 1130. The molecule has 4 rings (SSSR count). The first kappa shape index (κ1) is 25.0. The van der Waals surface area contributed by atoms with Gasteiger partial charge in [-0.05, 0) is 60.3 Å². The lowest BCUT2D eigenvalue weighted by Crippen LogP contribution is -2.51. The van der Waals surface area contributed by atoms with Gasteiger partial charge in [-0.15, -0.1) is 0 Å². The van der Waals surface area contributed by atoms with Gasteiger partial charge in [-0.1, -0.05) is 87.5 Å². The second-order valence-electron chi connectivity index (χ2n) is 10.2. The summed E-state index contributed by atoms with van der Waals surface area (Å²) in [6, 6.07) is 12.7. The molecular formula is C27H31Cl2N3OS. The van der Waals surface area contributed by atoms with Gasteiger partial charge >= 0.3 is 0 Å². The summed E-state index contributed by atoms with van der Waals surface area (Å²) in [6.07, 6.45) is 9.46. The molecule has 2 N–H and O–H groups in total. The van der Waals surface area contributed by atoms with Crippen molar-refractivity contribution in [3.05, 3.63) is 64.1 Å². The van der Waals surface area contributed by atoms with Gasteiger partial charge in [0.15, 0.2) is 5.11 Å². The molecular weight excluding hydrogens is 485 g/mol. The van der Waals surface area contributed by atoms with E-state index in [0.29, 0.717) is 15.2 Å². The Morgan fingerprint density at radius 3 is 2.50 bits per heavy atom.